The zero-order valence-corrected chi connectivity index (χ0v) is 13.0. The van der Waals surface area contributed by atoms with Crippen molar-refractivity contribution in [1.29, 1.82) is 5.26 Å². The van der Waals surface area contributed by atoms with Gasteiger partial charge in [-0.1, -0.05) is 40.7 Å². The average molecular weight is 345 g/mol. The molecule has 0 heterocycles. The highest BCUT2D eigenvalue weighted by atomic mass is 79.9. The van der Waals surface area contributed by atoms with Crippen LogP contribution in [0.1, 0.15) is 5.56 Å². The van der Waals surface area contributed by atoms with Gasteiger partial charge in [-0.25, -0.2) is 4.79 Å². The molecule has 1 amide bonds. The van der Waals surface area contributed by atoms with E-state index >= 15 is 0 Å². The van der Waals surface area contributed by atoms with E-state index in [4.69, 9.17) is 10.00 Å². The van der Waals surface area contributed by atoms with Crippen molar-refractivity contribution in [2.45, 2.75) is 6.92 Å². The summed E-state index contributed by atoms with van der Waals surface area (Å²) in [7, 11) is 0. The lowest BCUT2D eigenvalue weighted by atomic mass is 10.1. The van der Waals surface area contributed by atoms with Crippen molar-refractivity contribution < 1.29 is 9.53 Å². The third kappa shape index (κ3) is 3.61. The number of ether oxygens (including phenoxy) is 1. The number of nitriles is 1. The Kier molecular flexibility index (Phi) is 4.61. The van der Waals surface area contributed by atoms with Crippen LogP contribution in [0.25, 0.3) is 10.8 Å². The maximum atomic E-state index is 11.8. The Balaban J connectivity index is 2.27. The van der Waals surface area contributed by atoms with Gasteiger partial charge in [-0.3, -0.25) is 0 Å². The molecule has 0 fully saturated rings. The number of carbonyl (C=O) groups excluding carboxylic acids is 1. The summed E-state index contributed by atoms with van der Waals surface area (Å²) in [5.41, 5.74) is 1.12. The Morgan fingerprint density at radius 2 is 2.14 bits per heavy atom. The topological polar surface area (TPSA) is 62.1 Å². The van der Waals surface area contributed by atoms with Crippen LogP contribution in [0, 0.1) is 18.3 Å². The van der Waals surface area contributed by atoms with Crippen LogP contribution in [0.3, 0.4) is 0 Å². The molecule has 4 nitrogen and oxygen atoms in total. The summed E-state index contributed by atoms with van der Waals surface area (Å²) in [6.07, 6.45) is -0.609. The fourth-order valence-electron chi connectivity index (χ4n) is 1.86. The molecule has 2 aromatic carbocycles. The molecule has 0 bridgehead atoms. The molecule has 2 rings (SSSR count). The van der Waals surface area contributed by atoms with E-state index in [0.717, 1.165) is 20.8 Å². The smallest absolute Gasteiger partial charge is 0.409 e. The molecule has 0 aliphatic heterocycles. The third-order valence-corrected chi connectivity index (χ3v) is 3.42. The van der Waals surface area contributed by atoms with Crippen LogP contribution in [-0.4, -0.2) is 12.6 Å². The van der Waals surface area contributed by atoms with Crippen molar-refractivity contribution in [3.05, 3.63) is 52.5 Å². The Bertz CT molecular complexity index is 757. The van der Waals surface area contributed by atoms with Gasteiger partial charge < -0.3 is 10.1 Å². The van der Waals surface area contributed by atoms with E-state index in [1.54, 1.807) is 0 Å². The van der Waals surface area contributed by atoms with Gasteiger partial charge >= 0.3 is 6.09 Å². The summed E-state index contributed by atoms with van der Waals surface area (Å²) in [6, 6.07) is 11.5. The predicted octanol–water partition coefficient (Wildman–Crippen LogP) is 4.08. The highest BCUT2D eigenvalue weighted by Gasteiger charge is 2.11. The van der Waals surface area contributed by atoms with Crippen molar-refractivity contribution >= 4 is 32.8 Å². The van der Waals surface area contributed by atoms with Gasteiger partial charge in [0.2, 0.25) is 0 Å². The molecule has 21 heavy (non-hydrogen) atoms. The van der Waals surface area contributed by atoms with Crippen molar-refractivity contribution in [1.82, 2.24) is 5.32 Å². The van der Waals surface area contributed by atoms with Gasteiger partial charge in [-0.15, -0.1) is 0 Å². The fraction of sp³-hybridized carbons (Fsp3) is 0.125. The van der Waals surface area contributed by atoms with Crippen molar-refractivity contribution in [3.8, 4) is 11.8 Å². The molecule has 0 unspecified atom stereocenters. The Morgan fingerprint density at radius 1 is 1.43 bits per heavy atom. The second-order valence-electron chi connectivity index (χ2n) is 4.54. The van der Waals surface area contributed by atoms with Crippen molar-refractivity contribution in [2.24, 2.45) is 0 Å². The number of amides is 1. The first kappa shape index (κ1) is 15.1. The normalized spacial score (nSPS) is 9.95. The minimum atomic E-state index is -0.609. The highest BCUT2D eigenvalue weighted by molar-refractivity contribution is 9.10. The lowest BCUT2D eigenvalue weighted by Crippen LogP contribution is -2.28. The maximum Gasteiger partial charge on any atom is 0.412 e. The van der Waals surface area contributed by atoms with Crippen LogP contribution in [0.2, 0.25) is 0 Å². The maximum absolute atomic E-state index is 11.8. The SMILES string of the molecule is C=C(C#N)CNC(=O)Oc1c(C)ccc2ccc(Br)cc12. The first-order valence-corrected chi connectivity index (χ1v) is 7.03. The number of hydrogen-bond donors (Lipinski definition) is 1. The zero-order valence-electron chi connectivity index (χ0n) is 11.4. The van der Waals surface area contributed by atoms with E-state index in [9.17, 15) is 4.79 Å². The molecule has 0 atom stereocenters. The van der Waals surface area contributed by atoms with Crippen molar-refractivity contribution in [3.63, 3.8) is 0 Å². The van der Waals surface area contributed by atoms with Crippen LogP contribution in [0.5, 0.6) is 5.75 Å². The fourth-order valence-corrected chi connectivity index (χ4v) is 2.22. The molecule has 0 saturated carbocycles. The molecule has 0 aliphatic rings. The van der Waals surface area contributed by atoms with Crippen LogP contribution in [-0.2, 0) is 0 Å². The summed E-state index contributed by atoms with van der Waals surface area (Å²) in [5, 5.41) is 12.9. The van der Waals surface area contributed by atoms with Gasteiger partial charge in [0.15, 0.2) is 0 Å². The number of nitrogens with zero attached hydrogens (tertiary/aromatic N) is 1. The van der Waals surface area contributed by atoms with Gasteiger partial charge in [0, 0.05) is 15.4 Å². The van der Waals surface area contributed by atoms with E-state index in [2.05, 4.69) is 27.8 Å². The zero-order chi connectivity index (χ0) is 15.4. The Labute approximate surface area is 131 Å². The minimum absolute atomic E-state index is 0.0723. The third-order valence-electron chi connectivity index (χ3n) is 2.93. The minimum Gasteiger partial charge on any atom is -0.409 e. The highest BCUT2D eigenvalue weighted by Crippen LogP contribution is 2.31. The second kappa shape index (κ2) is 6.42. The predicted molar refractivity (Wildman–Crippen MR) is 85.2 cm³/mol. The van der Waals surface area contributed by atoms with E-state index in [-0.39, 0.29) is 12.1 Å². The van der Waals surface area contributed by atoms with Gasteiger partial charge in [0.25, 0.3) is 0 Å². The molecular weight excluding hydrogens is 332 g/mol. The van der Waals surface area contributed by atoms with E-state index in [0.29, 0.717) is 5.75 Å². The van der Waals surface area contributed by atoms with E-state index < -0.39 is 6.09 Å². The van der Waals surface area contributed by atoms with Crippen molar-refractivity contribution in [2.75, 3.05) is 6.54 Å². The molecule has 0 spiro atoms. The number of halogens is 1. The lowest BCUT2D eigenvalue weighted by Gasteiger charge is -2.11. The Hall–Kier alpha value is -2.32. The molecule has 2 aromatic rings. The number of aryl methyl sites for hydroxylation is 1. The van der Waals surface area contributed by atoms with Gasteiger partial charge in [-0.05, 0) is 30.0 Å². The molecule has 0 radical (unpaired) electrons. The van der Waals surface area contributed by atoms with Gasteiger partial charge in [0.1, 0.15) is 5.75 Å². The molecule has 106 valence electrons. The quantitative estimate of drug-likeness (QED) is 0.853. The van der Waals surface area contributed by atoms with E-state index in [1.807, 2.05) is 43.3 Å². The summed E-state index contributed by atoms with van der Waals surface area (Å²) in [6.45, 7) is 5.44. The van der Waals surface area contributed by atoms with E-state index in [1.165, 1.54) is 0 Å². The largest absolute Gasteiger partial charge is 0.412 e. The van der Waals surface area contributed by atoms with Gasteiger partial charge in [0.05, 0.1) is 12.6 Å². The monoisotopic (exact) mass is 344 g/mol. The summed E-state index contributed by atoms with van der Waals surface area (Å²) >= 11 is 3.41. The number of nitrogens with one attached hydrogen (secondary N) is 1. The van der Waals surface area contributed by atoms with Crippen LogP contribution >= 0.6 is 15.9 Å². The molecule has 5 heteroatoms. The number of rotatable bonds is 3. The summed E-state index contributed by atoms with van der Waals surface area (Å²) < 4.78 is 6.29. The van der Waals surface area contributed by atoms with Gasteiger partial charge in [-0.2, -0.15) is 5.26 Å². The molecule has 0 aliphatic carbocycles. The second-order valence-corrected chi connectivity index (χ2v) is 5.45. The number of hydrogen-bond acceptors (Lipinski definition) is 3. The summed E-state index contributed by atoms with van der Waals surface area (Å²) in [4.78, 5) is 11.8. The van der Waals surface area contributed by atoms with Crippen LogP contribution in [0.4, 0.5) is 4.79 Å². The molecular formula is C16H13BrN2O2. The lowest BCUT2D eigenvalue weighted by molar-refractivity contribution is 0.202. The molecule has 0 aromatic heterocycles. The number of fused-ring (bicyclic) bond motifs is 1. The first-order chi connectivity index (χ1) is 10.0. The first-order valence-electron chi connectivity index (χ1n) is 6.23. The average Bonchev–Trinajstić information content (AvgIpc) is 2.47. The standard InChI is InChI=1S/C16H13BrN2O2/c1-10(8-18)9-19-16(20)21-15-11(2)3-4-12-5-6-13(17)7-14(12)15/h3-7H,1,9H2,2H3,(H,19,20). The number of benzene rings is 2. The van der Waals surface area contributed by atoms with Crippen LogP contribution in [0.15, 0.2) is 47.0 Å². The number of carbonyl (C=O) groups is 1. The molecule has 0 saturated heterocycles. The Morgan fingerprint density at radius 3 is 2.86 bits per heavy atom. The summed E-state index contributed by atoms with van der Waals surface area (Å²) in [5.74, 6) is 0.508. The molecule has 1 N–H and O–H groups in total. The van der Waals surface area contributed by atoms with Crippen LogP contribution < -0.4 is 10.1 Å².